The molecule has 0 fully saturated rings. The topological polar surface area (TPSA) is 84.6 Å². The minimum atomic E-state index is -3.96. The zero-order valence-corrected chi connectivity index (χ0v) is 12.3. The smallest absolute Gasteiger partial charge is 0.355 e. The highest BCUT2D eigenvalue weighted by molar-refractivity contribution is 7.95. The van der Waals surface area contributed by atoms with E-state index in [9.17, 15) is 18.3 Å². The van der Waals surface area contributed by atoms with Crippen molar-refractivity contribution in [2.45, 2.75) is 18.7 Å². The first kappa shape index (κ1) is 15.1. The largest absolute Gasteiger partial charge is 0.508 e. The number of phenols is 1. The average Bonchev–Trinajstić information content (AvgIpc) is 2.44. The van der Waals surface area contributed by atoms with Crippen LogP contribution in [0.1, 0.15) is 13.8 Å². The summed E-state index contributed by atoms with van der Waals surface area (Å²) in [5.41, 5.74) is -0.721. The maximum Gasteiger partial charge on any atom is 0.355 e. The van der Waals surface area contributed by atoms with Crippen LogP contribution in [0.5, 0.6) is 5.75 Å². The van der Waals surface area contributed by atoms with E-state index < -0.39 is 20.4 Å². The highest BCUT2D eigenvalue weighted by Gasteiger charge is 2.23. The summed E-state index contributed by atoms with van der Waals surface area (Å²) in [6, 6.07) is 5.31. The van der Waals surface area contributed by atoms with Crippen molar-refractivity contribution in [2.24, 2.45) is 0 Å². The highest BCUT2D eigenvalue weighted by atomic mass is 32.2. The van der Waals surface area contributed by atoms with Crippen LogP contribution in [0.25, 0.3) is 11.0 Å². The Morgan fingerprint density at radius 2 is 1.95 bits per heavy atom. The molecule has 0 aliphatic rings. The summed E-state index contributed by atoms with van der Waals surface area (Å²) in [6.07, 6.45) is 4.38. The third kappa shape index (κ3) is 2.75. The summed E-state index contributed by atoms with van der Waals surface area (Å²) in [6.45, 7) is 3.25. The van der Waals surface area contributed by atoms with Crippen molar-refractivity contribution in [3.05, 3.63) is 57.8 Å². The van der Waals surface area contributed by atoms with E-state index in [2.05, 4.69) is 0 Å². The molecule has 1 aromatic heterocycles. The Bertz CT molecular complexity index is 901. The lowest BCUT2D eigenvalue weighted by molar-refractivity contribution is 0.474. The van der Waals surface area contributed by atoms with Gasteiger partial charge in [0, 0.05) is 5.39 Å². The maximum atomic E-state index is 12.5. The minimum absolute atomic E-state index is 0.0109. The van der Waals surface area contributed by atoms with Gasteiger partial charge in [-0.2, -0.15) is 0 Å². The predicted molar refractivity (Wildman–Crippen MR) is 79.9 cm³/mol. The van der Waals surface area contributed by atoms with Crippen LogP contribution in [0, 0.1) is 0 Å². The second-order valence-electron chi connectivity index (χ2n) is 4.31. The SMILES string of the molecule is C/C=C\C(=C/C)S(=O)(=O)c1cc2cc(O)ccc2oc1=O. The van der Waals surface area contributed by atoms with Gasteiger partial charge in [-0.1, -0.05) is 12.2 Å². The monoisotopic (exact) mass is 306 g/mol. The molecular formula is C15H14O5S. The number of hydrogen-bond acceptors (Lipinski definition) is 5. The molecule has 21 heavy (non-hydrogen) atoms. The number of sulfone groups is 1. The van der Waals surface area contributed by atoms with E-state index in [1.54, 1.807) is 19.9 Å². The summed E-state index contributed by atoms with van der Waals surface area (Å²) in [4.78, 5) is 11.5. The maximum absolute atomic E-state index is 12.5. The molecule has 0 unspecified atom stereocenters. The van der Waals surface area contributed by atoms with Gasteiger partial charge in [0.2, 0.25) is 9.84 Å². The summed E-state index contributed by atoms with van der Waals surface area (Å²) < 4.78 is 29.9. The molecule has 6 heteroatoms. The van der Waals surface area contributed by atoms with Gasteiger partial charge in [0.05, 0.1) is 4.91 Å². The van der Waals surface area contributed by atoms with Crippen molar-refractivity contribution in [1.82, 2.24) is 0 Å². The molecule has 110 valence electrons. The number of phenolic OH excluding ortho intramolecular Hbond substituents is 1. The quantitative estimate of drug-likeness (QED) is 0.696. The Kier molecular flexibility index (Phi) is 3.99. The molecule has 2 rings (SSSR count). The van der Waals surface area contributed by atoms with Crippen molar-refractivity contribution in [3.63, 3.8) is 0 Å². The molecule has 2 aromatic rings. The molecule has 0 spiro atoms. The van der Waals surface area contributed by atoms with Crippen LogP contribution in [-0.4, -0.2) is 13.5 Å². The Hall–Kier alpha value is -2.34. The van der Waals surface area contributed by atoms with Gasteiger partial charge in [-0.05, 0) is 44.2 Å². The summed E-state index contributed by atoms with van der Waals surface area (Å²) in [7, 11) is -3.96. The van der Waals surface area contributed by atoms with Crippen molar-refractivity contribution < 1.29 is 17.9 Å². The molecule has 1 heterocycles. The van der Waals surface area contributed by atoms with Crippen molar-refractivity contribution in [2.75, 3.05) is 0 Å². The zero-order chi connectivity index (χ0) is 15.6. The third-order valence-corrected chi connectivity index (χ3v) is 4.76. The molecule has 0 aliphatic heterocycles. The Morgan fingerprint density at radius 1 is 1.24 bits per heavy atom. The molecule has 1 aromatic carbocycles. The van der Waals surface area contributed by atoms with Gasteiger partial charge in [0.25, 0.3) is 0 Å². The van der Waals surface area contributed by atoms with Crippen LogP contribution in [0.3, 0.4) is 0 Å². The average molecular weight is 306 g/mol. The lowest BCUT2D eigenvalue weighted by Crippen LogP contribution is -2.15. The Labute approximate surface area is 121 Å². The number of aromatic hydroxyl groups is 1. The molecular weight excluding hydrogens is 292 g/mol. The lowest BCUT2D eigenvalue weighted by atomic mass is 10.2. The van der Waals surface area contributed by atoms with Gasteiger partial charge in [0.15, 0.2) is 4.90 Å². The van der Waals surface area contributed by atoms with Crippen LogP contribution < -0.4 is 5.63 Å². The lowest BCUT2D eigenvalue weighted by Gasteiger charge is -2.05. The van der Waals surface area contributed by atoms with Gasteiger partial charge in [-0.3, -0.25) is 0 Å². The summed E-state index contributed by atoms with van der Waals surface area (Å²) in [5.74, 6) is -0.0422. The molecule has 1 N–H and O–H groups in total. The molecule has 0 saturated carbocycles. The number of rotatable bonds is 3. The van der Waals surface area contributed by atoms with Crippen molar-refractivity contribution in [3.8, 4) is 5.75 Å². The van der Waals surface area contributed by atoms with E-state index in [1.807, 2.05) is 0 Å². The standard InChI is InChI=1S/C15H14O5S/c1-3-5-12(4-2)21(18,19)14-9-10-8-11(16)6-7-13(10)20-15(14)17/h3-9,16H,1-2H3/b5-3-,12-4+. The molecule has 0 aliphatic carbocycles. The van der Waals surface area contributed by atoms with Gasteiger partial charge >= 0.3 is 5.63 Å². The van der Waals surface area contributed by atoms with Crippen molar-refractivity contribution in [1.29, 1.82) is 0 Å². The molecule has 0 radical (unpaired) electrons. The number of benzene rings is 1. The highest BCUT2D eigenvalue weighted by Crippen LogP contribution is 2.24. The van der Waals surface area contributed by atoms with E-state index in [1.165, 1.54) is 36.4 Å². The van der Waals surface area contributed by atoms with Gasteiger partial charge < -0.3 is 9.52 Å². The number of fused-ring (bicyclic) bond motifs is 1. The molecule has 5 nitrogen and oxygen atoms in total. The first-order chi connectivity index (χ1) is 9.90. The fraction of sp³-hybridized carbons (Fsp3) is 0.133. The molecule has 0 bridgehead atoms. The van der Waals surface area contributed by atoms with E-state index in [0.717, 1.165) is 0 Å². The normalized spacial score (nSPS) is 13.1. The zero-order valence-electron chi connectivity index (χ0n) is 11.5. The van der Waals surface area contributed by atoms with E-state index in [4.69, 9.17) is 4.42 Å². The first-order valence-electron chi connectivity index (χ1n) is 6.21. The fourth-order valence-electron chi connectivity index (χ4n) is 1.91. The van der Waals surface area contributed by atoms with E-state index >= 15 is 0 Å². The summed E-state index contributed by atoms with van der Waals surface area (Å²) >= 11 is 0. The van der Waals surface area contributed by atoms with Crippen LogP contribution in [0.4, 0.5) is 0 Å². The van der Waals surface area contributed by atoms with Crippen LogP contribution in [0.15, 0.2) is 61.5 Å². The molecule has 0 atom stereocenters. The second kappa shape index (κ2) is 5.57. The van der Waals surface area contributed by atoms with Gasteiger partial charge in [-0.25, -0.2) is 13.2 Å². The van der Waals surface area contributed by atoms with Crippen LogP contribution in [-0.2, 0) is 9.84 Å². The van der Waals surface area contributed by atoms with Gasteiger partial charge in [-0.15, -0.1) is 0 Å². The molecule has 0 amide bonds. The van der Waals surface area contributed by atoms with Crippen LogP contribution >= 0.6 is 0 Å². The Balaban J connectivity index is 2.77. The van der Waals surface area contributed by atoms with Crippen LogP contribution in [0.2, 0.25) is 0 Å². The van der Waals surface area contributed by atoms with E-state index in [0.29, 0.717) is 5.39 Å². The van der Waals surface area contributed by atoms with E-state index in [-0.39, 0.29) is 16.2 Å². The summed E-state index contributed by atoms with van der Waals surface area (Å²) in [5, 5.41) is 9.78. The Morgan fingerprint density at radius 3 is 2.57 bits per heavy atom. The third-order valence-electron chi connectivity index (χ3n) is 2.90. The number of hydrogen-bond donors (Lipinski definition) is 1. The number of allylic oxidation sites excluding steroid dienone is 3. The first-order valence-corrected chi connectivity index (χ1v) is 7.69. The second-order valence-corrected chi connectivity index (χ2v) is 6.23. The van der Waals surface area contributed by atoms with Crippen molar-refractivity contribution >= 4 is 20.8 Å². The molecule has 0 saturated heterocycles. The predicted octanol–water partition coefficient (Wildman–Crippen LogP) is 2.75. The minimum Gasteiger partial charge on any atom is -0.508 e. The van der Waals surface area contributed by atoms with Gasteiger partial charge in [0.1, 0.15) is 11.3 Å². The fourth-order valence-corrected chi connectivity index (χ4v) is 3.33.